The van der Waals surface area contributed by atoms with E-state index in [1.54, 1.807) is 0 Å². The molecule has 0 atom stereocenters. The smallest absolute Gasteiger partial charge is 0.338 e. The minimum Gasteiger partial charge on any atom is -0.452 e. The molecule has 1 saturated heterocycles. The van der Waals surface area contributed by atoms with E-state index in [0.29, 0.717) is 13.1 Å². The van der Waals surface area contributed by atoms with Crippen molar-refractivity contribution in [3.63, 3.8) is 0 Å². The Kier molecular flexibility index (Phi) is 6.88. The van der Waals surface area contributed by atoms with E-state index in [4.69, 9.17) is 16.3 Å². The van der Waals surface area contributed by atoms with Crippen molar-refractivity contribution < 1.29 is 27.7 Å². The highest BCUT2D eigenvalue weighted by Gasteiger charge is 2.27. The average molecular weight is 468 g/mol. The topological polar surface area (TPSA) is 136 Å². The maximum Gasteiger partial charge on any atom is 0.338 e. The number of ether oxygens (including phenoxy) is 1. The number of esters is 1. The van der Waals surface area contributed by atoms with Crippen molar-refractivity contribution in [1.82, 2.24) is 4.31 Å². The van der Waals surface area contributed by atoms with Gasteiger partial charge in [-0.15, -0.1) is 0 Å². The van der Waals surface area contributed by atoms with Gasteiger partial charge in [0.05, 0.1) is 26.1 Å². The summed E-state index contributed by atoms with van der Waals surface area (Å²) in [4.78, 5) is 34.3. The summed E-state index contributed by atoms with van der Waals surface area (Å²) in [5.74, 6) is -1.51. The second-order valence-corrected chi connectivity index (χ2v) is 9.03. The molecule has 12 heteroatoms. The number of nitrogens with zero attached hydrogens (tertiary/aromatic N) is 2. The van der Waals surface area contributed by atoms with Crippen molar-refractivity contribution in [2.45, 2.75) is 17.7 Å². The number of nitrogens with one attached hydrogen (secondary N) is 1. The zero-order valence-corrected chi connectivity index (χ0v) is 17.7. The molecular formula is C19H18ClN3O7S. The molecule has 1 heterocycles. The minimum absolute atomic E-state index is 0.0383. The fraction of sp³-hybridized carbons (Fsp3) is 0.263. The van der Waals surface area contributed by atoms with Crippen LogP contribution in [0.3, 0.4) is 0 Å². The first-order chi connectivity index (χ1) is 14.7. The third kappa shape index (κ3) is 5.37. The van der Waals surface area contributed by atoms with Crippen LogP contribution < -0.4 is 5.32 Å². The molecule has 1 aliphatic rings. The van der Waals surface area contributed by atoms with Gasteiger partial charge in [0.15, 0.2) is 6.61 Å². The third-order valence-electron chi connectivity index (χ3n) is 4.56. The normalized spacial score (nSPS) is 14.2. The molecule has 0 bridgehead atoms. The Morgan fingerprint density at radius 3 is 2.35 bits per heavy atom. The number of carbonyl (C=O) groups is 2. The first-order valence-electron chi connectivity index (χ1n) is 9.19. The van der Waals surface area contributed by atoms with E-state index in [0.717, 1.165) is 18.9 Å². The molecule has 0 aromatic heterocycles. The van der Waals surface area contributed by atoms with E-state index in [-0.39, 0.29) is 26.9 Å². The van der Waals surface area contributed by atoms with Crippen molar-refractivity contribution in [3.8, 4) is 0 Å². The highest BCUT2D eigenvalue weighted by atomic mass is 35.5. The van der Waals surface area contributed by atoms with E-state index in [1.165, 1.54) is 40.7 Å². The van der Waals surface area contributed by atoms with Crippen LogP contribution in [0.15, 0.2) is 47.4 Å². The summed E-state index contributed by atoms with van der Waals surface area (Å²) >= 11 is 5.90. The molecule has 31 heavy (non-hydrogen) atoms. The lowest BCUT2D eigenvalue weighted by Crippen LogP contribution is -2.27. The van der Waals surface area contributed by atoms with Gasteiger partial charge < -0.3 is 10.1 Å². The van der Waals surface area contributed by atoms with Crippen LogP contribution in [0.2, 0.25) is 5.02 Å². The number of non-ortho nitro benzene ring substituents is 1. The maximum atomic E-state index is 12.5. The number of benzene rings is 2. The number of amides is 1. The van der Waals surface area contributed by atoms with Gasteiger partial charge in [-0.1, -0.05) is 11.6 Å². The SMILES string of the molecule is O=C(COC(=O)c1ccc(S(=O)(=O)N2CCCC2)cc1)Nc1ccc([N+](=O)[O-])cc1Cl. The molecule has 2 aromatic carbocycles. The van der Waals surface area contributed by atoms with Crippen LogP contribution in [0.1, 0.15) is 23.2 Å². The summed E-state index contributed by atoms with van der Waals surface area (Å²) in [6, 6.07) is 8.79. The van der Waals surface area contributed by atoms with Crippen molar-refractivity contribution in [2.24, 2.45) is 0 Å². The minimum atomic E-state index is -3.59. The summed E-state index contributed by atoms with van der Waals surface area (Å²) in [6.07, 6.45) is 1.63. The molecule has 1 fully saturated rings. The van der Waals surface area contributed by atoms with Gasteiger partial charge in [-0.3, -0.25) is 14.9 Å². The number of anilines is 1. The average Bonchev–Trinajstić information content (AvgIpc) is 3.29. The number of hydrogen-bond acceptors (Lipinski definition) is 7. The summed E-state index contributed by atoms with van der Waals surface area (Å²) in [5.41, 5.74) is -0.0176. The molecule has 0 spiro atoms. The van der Waals surface area contributed by atoms with Crippen molar-refractivity contribution >= 4 is 44.9 Å². The van der Waals surface area contributed by atoms with Gasteiger partial charge in [-0.2, -0.15) is 4.31 Å². The number of halogens is 1. The quantitative estimate of drug-likeness (QED) is 0.375. The van der Waals surface area contributed by atoms with Gasteiger partial charge in [-0.25, -0.2) is 13.2 Å². The molecule has 164 valence electrons. The van der Waals surface area contributed by atoms with Crippen LogP contribution in [-0.4, -0.2) is 49.2 Å². The monoisotopic (exact) mass is 467 g/mol. The summed E-state index contributed by atoms with van der Waals surface area (Å²) in [7, 11) is -3.59. The maximum absolute atomic E-state index is 12.5. The second-order valence-electron chi connectivity index (χ2n) is 6.68. The molecule has 1 aliphatic heterocycles. The van der Waals surface area contributed by atoms with E-state index < -0.39 is 33.4 Å². The number of carbonyl (C=O) groups excluding carboxylic acids is 2. The number of nitro benzene ring substituents is 1. The van der Waals surface area contributed by atoms with Crippen molar-refractivity contribution in [3.05, 3.63) is 63.2 Å². The van der Waals surface area contributed by atoms with Crippen molar-refractivity contribution in [1.29, 1.82) is 0 Å². The van der Waals surface area contributed by atoms with Gasteiger partial charge in [0.25, 0.3) is 11.6 Å². The molecule has 0 aliphatic carbocycles. The van der Waals surface area contributed by atoms with Crippen LogP contribution in [0.25, 0.3) is 0 Å². The Balaban J connectivity index is 1.57. The predicted octanol–water partition coefficient (Wildman–Crippen LogP) is 2.83. The zero-order valence-electron chi connectivity index (χ0n) is 16.1. The third-order valence-corrected chi connectivity index (χ3v) is 6.79. The Morgan fingerprint density at radius 2 is 1.77 bits per heavy atom. The Bertz CT molecular complexity index is 1110. The van der Waals surface area contributed by atoms with E-state index in [1.807, 2.05) is 0 Å². The highest BCUT2D eigenvalue weighted by molar-refractivity contribution is 7.89. The van der Waals surface area contributed by atoms with Crippen LogP contribution in [-0.2, 0) is 19.6 Å². The Hall–Kier alpha value is -3.02. The van der Waals surface area contributed by atoms with E-state index in [2.05, 4.69) is 5.32 Å². The summed E-state index contributed by atoms with van der Waals surface area (Å²) < 4.78 is 31.3. The molecule has 0 saturated carbocycles. The Labute approximate surface area is 183 Å². The number of nitro groups is 1. The molecular weight excluding hydrogens is 450 g/mol. The van der Waals surface area contributed by atoms with E-state index in [9.17, 15) is 28.1 Å². The lowest BCUT2D eigenvalue weighted by atomic mass is 10.2. The molecule has 1 N–H and O–H groups in total. The Morgan fingerprint density at radius 1 is 1.13 bits per heavy atom. The largest absolute Gasteiger partial charge is 0.452 e. The summed E-state index contributed by atoms with van der Waals surface area (Å²) in [5, 5.41) is 13.1. The molecule has 1 amide bonds. The fourth-order valence-corrected chi connectivity index (χ4v) is 4.70. The molecule has 2 aromatic rings. The van der Waals surface area contributed by atoms with Gasteiger partial charge in [0, 0.05) is 25.2 Å². The van der Waals surface area contributed by atoms with Crippen LogP contribution in [0.4, 0.5) is 11.4 Å². The molecule has 3 rings (SSSR count). The lowest BCUT2D eigenvalue weighted by Gasteiger charge is -2.15. The van der Waals surface area contributed by atoms with Crippen molar-refractivity contribution in [2.75, 3.05) is 25.0 Å². The standard InChI is InChI=1S/C19H18ClN3O7S/c20-16-11-14(23(26)27)5-8-17(16)21-18(24)12-30-19(25)13-3-6-15(7-4-13)31(28,29)22-9-1-2-10-22/h3-8,11H,1-2,9-10,12H2,(H,21,24). The highest BCUT2D eigenvalue weighted by Crippen LogP contribution is 2.26. The first-order valence-corrected chi connectivity index (χ1v) is 11.0. The van der Waals surface area contributed by atoms with E-state index >= 15 is 0 Å². The number of hydrogen-bond donors (Lipinski definition) is 1. The van der Waals surface area contributed by atoms with Crippen LogP contribution >= 0.6 is 11.6 Å². The van der Waals surface area contributed by atoms with Crippen LogP contribution in [0.5, 0.6) is 0 Å². The number of sulfonamides is 1. The van der Waals surface area contributed by atoms with Gasteiger partial charge in [-0.05, 0) is 43.2 Å². The molecule has 0 unspecified atom stereocenters. The second kappa shape index (κ2) is 9.41. The van der Waals surface area contributed by atoms with Gasteiger partial charge >= 0.3 is 5.97 Å². The number of rotatable bonds is 7. The fourth-order valence-electron chi connectivity index (χ4n) is 2.96. The van der Waals surface area contributed by atoms with Crippen LogP contribution in [0, 0.1) is 10.1 Å². The molecule has 0 radical (unpaired) electrons. The lowest BCUT2D eigenvalue weighted by molar-refractivity contribution is -0.384. The predicted molar refractivity (Wildman–Crippen MR) is 111 cm³/mol. The van der Waals surface area contributed by atoms with Gasteiger partial charge in [0.2, 0.25) is 10.0 Å². The van der Waals surface area contributed by atoms with Gasteiger partial charge in [0.1, 0.15) is 0 Å². The molecule has 10 nitrogen and oxygen atoms in total. The zero-order chi connectivity index (χ0) is 22.6. The first kappa shape index (κ1) is 22.7. The summed E-state index contributed by atoms with van der Waals surface area (Å²) in [6.45, 7) is 0.319.